The minimum Gasteiger partial charge on any atom is -0.390 e. The summed E-state index contributed by atoms with van der Waals surface area (Å²) in [6, 6.07) is 6.38. The Morgan fingerprint density at radius 3 is 2.35 bits per heavy atom. The maximum absolute atomic E-state index is 9.01. The van der Waals surface area contributed by atoms with Gasteiger partial charge in [0.15, 0.2) is 0 Å². The molecule has 0 atom stereocenters. The van der Waals surface area contributed by atoms with Gasteiger partial charge in [-0.1, -0.05) is 23.4 Å². The summed E-state index contributed by atoms with van der Waals surface area (Å²) >= 11 is 0. The highest BCUT2D eigenvalue weighted by Crippen LogP contribution is 2.16. The second-order valence-corrected chi connectivity index (χ2v) is 5.57. The highest BCUT2D eigenvalue weighted by Gasteiger charge is 2.06. The predicted molar refractivity (Wildman–Crippen MR) is 86.2 cm³/mol. The van der Waals surface area contributed by atoms with Crippen molar-refractivity contribution < 1.29 is 5.11 Å². The normalized spacial score (nSPS) is 10.9. The van der Waals surface area contributed by atoms with E-state index in [9.17, 15) is 0 Å². The number of nitrogens with zero attached hydrogens (tertiary/aromatic N) is 5. The van der Waals surface area contributed by atoms with E-state index in [4.69, 9.17) is 5.11 Å². The molecule has 0 aliphatic carbocycles. The zero-order valence-electron chi connectivity index (χ0n) is 13.3. The minimum atomic E-state index is -0.145. The van der Waals surface area contributed by atoms with E-state index < -0.39 is 0 Å². The number of aliphatic hydroxyl groups excluding tert-OH is 1. The molecule has 0 bridgehead atoms. The highest BCUT2D eigenvalue weighted by molar-refractivity contribution is 5.34. The van der Waals surface area contributed by atoms with Gasteiger partial charge in [-0.2, -0.15) is 4.68 Å². The van der Waals surface area contributed by atoms with E-state index in [1.54, 1.807) is 6.20 Å². The maximum atomic E-state index is 9.01. The number of rotatable bonds is 5. The first-order valence-electron chi connectivity index (χ1n) is 7.56. The van der Waals surface area contributed by atoms with E-state index in [1.165, 1.54) is 21.4 Å². The quantitative estimate of drug-likeness (QED) is 0.779. The van der Waals surface area contributed by atoms with Gasteiger partial charge in [-0.05, 0) is 48.9 Å². The lowest BCUT2D eigenvalue weighted by Gasteiger charge is -2.09. The van der Waals surface area contributed by atoms with Gasteiger partial charge in [-0.15, -0.1) is 5.10 Å². The van der Waals surface area contributed by atoms with Crippen LogP contribution in [0.4, 0.5) is 0 Å². The zero-order valence-corrected chi connectivity index (χ0v) is 13.3. The lowest BCUT2D eigenvalue weighted by Crippen LogP contribution is -2.03. The fraction of sp³-hybridized carbons (Fsp3) is 0.294. The van der Waals surface area contributed by atoms with Gasteiger partial charge in [0.1, 0.15) is 5.69 Å². The first kappa shape index (κ1) is 15.3. The second-order valence-electron chi connectivity index (χ2n) is 5.57. The van der Waals surface area contributed by atoms with Crippen LogP contribution in [0.15, 0.2) is 36.8 Å². The summed E-state index contributed by atoms with van der Waals surface area (Å²) in [5, 5.41) is 16.7. The molecule has 1 N–H and O–H groups in total. The van der Waals surface area contributed by atoms with E-state index in [2.05, 4.69) is 52.3 Å². The van der Waals surface area contributed by atoms with Gasteiger partial charge < -0.3 is 5.11 Å². The molecule has 6 nitrogen and oxygen atoms in total. The summed E-state index contributed by atoms with van der Waals surface area (Å²) in [5.41, 5.74) is 5.61. The molecule has 0 aliphatic rings. The van der Waals surface area contributed by atoms with Crippen molar-refractivity contribution in [1.82, 2.24) is 25.0 Å². The van der Waals surface area contributed by atoms with E-state index >= 15 is 0 Å². The molecule has 3 aromatic rings. The fourth-order valence-electron chi connectivity index (χ4n) is 2.58. The number of aromatic nitrogens is 5. The van der Waals surface area contributed by atoms with Crippen LogP contribution >= 0.6 is 0 Å². The van der Waals surface area contributed by atoms with Crippen molar-refractivity contribution in [2.45, 2.75) is 33.3 Å². The number of hydrogen-bond donors (Lipinski definition) is 1. The number of aliphatic hydroxyl groups is 1. The number of hydrogen-bond acceptors (Lipinski definition) is 5. The third kappa shape index (κ3) is 3.43. The molecular weight excluding hydrogens is 290 g/mol. The second kappa shape index (κ2) is 6.66. The third-order valence-electron chi connectivity index (χ3n) is 3.91. The topological polar surface area (TPSA) is 76.7 Å². The fourth-order valence-corrected chi connectivity index (χ4v) is 2.58. The first-order chi connectivity index (χ1) is 11.2. The average molecular weight is 309 g/mol. The van der Waals surface area contributed by atoms with Gasteiger partial charge in [0.2, 0.25) is 0 Å². The predicted octanol–water partition coefficient (Wildman–Crippen LogP) is 1.95. The molecule has 118 valence electrons. The van der Waals surface area contributed by atoms with Gasteiger partial charge in [-0.25, -0.2) is 9.97 Å². The van der Waals surface area contributed by atoms with Crippen LogP contribution in [0, 0.1) is 13.8 Å². The lowest BCUT2D eigenvalue weighted by atomic mass is 9.97. The molecule has 0 saturated heterocycles. The Bertz CT molecular complexity index is 775. The average Bonchev–Trinajstić information content (AvgIpc) is 3.04. The highest BCUT2D eigenvalue weighted by atomic mass is 16.3. The van der Waals surface area contributed by atoms with Crippen LogP contribution in [0.25, 0.3) is 5.95 Å². The Kier molecular flexibility index (Phi) is 4.43. The smallest absolute Gasteiger partial charge is 0.251 e. The van der Waals surface area contributed by atoms with Gasteiger partial charge in [-0.3, -0.25) is 0 Å². The van der Waals surface area contributed by atoms with Crippen LogP contribution in [0.5, 0.6) is 0 Å². The van der Waals surface area contributed by atoms with E-state index in [1.807, 2.05) is 12.4 Å². The summed E-state index contributed by atoms with van der Waals surface area (Å²) in [6.45, 7) is 4.14. The van der Waals surface area contributed by atoms with Crippen LogP contribution in [-0.2, 0) is 19.4 Å². The van der Waals surface area contributed by atoms with Crippen LogP contribution in [0.1, 0.15) is 27.9 Å². The number of benzene rings is 1. The molecule has 0 radical (unpaired) electrons. The van der Waals surface area contributed by atoms with Crippen LogP contribution in [0.3, 0.4) is 0 Å². The standard InChI is InChI=1S/C17H19N5O/c1-12-4-3-5-13(2)16(12)7-6-14-8-18-17(19-9-14)22-10-15(11-23)20-21-22/h3-5,8-10,23H,6-7,11H2,1-2H3. The maximum Gasteiger partial charge on any atom is 0.251 e. The Morgan fingerprint density at radius 1 is 1.04 bits per heavy atom. The Balaban J connectivity index is 1.70. The molecule has 0 spiro atoms. The monoisotopic (exact) mass is 309 g/mol. The van der Waals surface area contributed by atoms with E-state index in [-0.39, 0.29) is 6.61 Å². The van der Waals surface area contributed by atoms with Crippen LogP contribution in [-0.4, -0.2) is 30.1 Å². The largest absolute Gasteiger partial charge is 0.390 e. The van der Waals surface area contributed by atoms with Crippen molar-refractivity contribution in [1.29, 1.82) is 0 Å². The van der Waals surface area contributed by atoms with Crippen molar-refractivity contribution in [2.75, 3.05) is 0 Å². The van der Waals surface area contributed by atoms with E-state index in [0.29, 0.717) is 11.6 Å². The molecule has 0 saturated carbocycles. The molecule has 0 fully saturated rings. The SMILES string of the molecule is Cc1cccc(C)c1CCc1cnc(-n2cc(CO)nn2)nc1. The van der Waals surface area contributed by atoms with Gasteiger partial charge >= 0.3 is 0 Å². The van der Waals surface area contributed by atoms with E-state index in [0.717, 1.165) is 18.4 Å². The molecule has 23 heavy (non-hydrogen) atoms. The molecule has 0 amide bonds. The van der Waals surface area contributed by atoms with Crippen molar-refractivity contribution in [3.05, 3.63) is 64.7 Å². The van der Waals surface area contributed by atoms with Crippen molar-refractivity contribution in [3.63, 3.8) is 0 Å². The zero-order chi connectivity index (χ0) is 16.2. The Labute approximate surface area is 134 Å². The van der Waals surface area contributed by atoms with Gasteiger partial charge in [0.25, 0.3) is 5.95 Å². The summed E-state index contributed by atoms with van der Waals surface area (Å²) in [5.74, 6) is 0.452. The molecule has 0 unspecified atom stereocenters. The summed E-state index contributed by atoms with van der Waals surface area (Å²) < 4.78 is 1.46. The van der Waals surface area contributed by atoms with Crippen molar-refractivity contribution in [3.8, 4) is 5.95 Å². The summed E-state index contributed by atoms with van der Waals surface area (Å²) in [6.07, 6.45) is 7.11. The molecule has 1 aromatic carbocycles. The summed E-state index contributed by atoms with van der Waals surface area (Å²) in [7, 11) is 0. The number of aryl methyl sites for hydroxylation is 3. The Hall–Kier alpha value is -2.60. The lowest BCUT2D eigenvalue weighted by molar-refractivity contribution is 0.276. The molecule has 2 aromatic heterocycles. The minimum absolute atomic E-state index is 0.145. The first-order valence-corrected chi connectivity index (χ1v) is 7.56. The van der Waals surface area contributed by atoms with Crippen LogP contribution in [0.2, 0.25) is 0 Å². The molecule has 6 heteroatoms. The molecule has 0 aliphatic heterocycles. The Morgan fingerprint density at radius 2 is 1.74 bits per heavy atom. The van der Waals surface area contributed by atoms with Gasteiger partial charge in [0, 0.05) is 12.4 Å². The van der Waals surface area contributed by atoms with Gasteiger partial charge in [0.05, 0.1) is 12.8 Å². The van der Waals surface area contributed by atoms with Crippen molar-refractivity contribution >= 4 is 0 Å². The third-order valence-corrected chi connectivity index (χ3v) is 3.91. The summed E-state index contributed by atoms with van der Waals surface area (Å²) in [4.78, 5) is 8.64. The molecule has 3 rings (SSSR count). The molecular formula is C17H19N5O. The van der Waals surface area contributed by atoms with Crippen LogP contribution < -0.4 is 0 Å². The molecule has 2 heterocycles. The van der Waals surface area contributed by atoms with Crippen molar-refractivity contribution in [2.24, 2.45) is 0 Å².